The third-order valence-electron chi connectivity index (χ3n) is 11.1. The van der Waals surface area contributed by atoms with Crippen LogP contribution < -0.4 is 16.0 Å². The predicted octanol–water partition coefficient (Wildman–Crippen LogP) is 4.44. The second kappa shape index (κ2) is 18.0. The molecular formula is C39H50ClFN6O7S2. The zero-order valence-electron chi connectivity index (χ0n) is 31.4. The van der Waals surface area contributed by atoms with Gasteiger partial charge in [0.1, 0.15) is 17.7 Å². The average molecular weight is 833 g/mol. The molecule has 2 aromatic carbocycles. The van der Waals surface area contributed by atoms with Crippen molar-refractivity contribution in [2.75, 3.05) is 51.1 Å². The van der Waals surface area contributed by atoms with Gasteiger partial charge in [0.15, 0.2) is 0 Å². The van der Waals surface area contributed by atoms with Crippen molar-refractivity contribution in [1.29, 1.82) is 0 Å². The summed E-state index contributed by atoms with van der Waals surface area (Å²) < 4.78 is 56.6. The van der Waals surface area contributed by atoms with Crippen molar-refractivity contribution in [2.24, 2.45) is 0 Å². The lowest BCUT2D eigenvalue weighted by Crippen LogP contribution is -2.47. The maximum absolute atomic E-state index is 16.2. The van der Waals surface area contributed by atoms with Gasteiger partial charge in [0.2, 0.25) is 21.8 Å². The molecule has 0 bridgehead atoms. The lowest BCUT2D eigenvalue weighted by atomic mass is 9.88. The molecule has 17 heteroatoms. The Hall–Kier alpha value is -3.41. The molecule has 2 saturated heterocycles. The summed E-state index contributed by atoms with van der Waals surface area (Å²) in [4.78, 5) is 41.8. The van der Waals surface area contributed by atoms with Gasteiger partial charge in [0.25, 0.3) is 0 Å². The van der Waals surface area contributed by atoms with Crippen LogP contribution in [0.15, 0.2) is 47.4 Å². The van der Waals surface area contributed by atoms with E-state index in [0.717, 1.165) is 47.5 Å². The van der Waals surface area contributed by atoms with Crippen LogP contribution in [0, 0.1) is 5.82 Å². The molecule has 0 radical (unpaired) electrons. The number of sulfonamides is 1. The fraction of sp³-hybridized carbons (Fsp3) is 0.564. The van der Waals surface area contributed by atoms with Crippen LogP contribution in [-0.2, 0) is 35.5 Å². The van der Waals surface area contributed by atoms with Gasteiger partial charge in [-0.3, -0.25) is 9.59 Å². The van der Waals surface area contributed by atoms with Crippen molar-refractivity contribution in [2.45, 2.75) is 92.2 Å². The quantitative estimate of drug-likeness (QED) is 0.0784. The number of hydrogen-bond donors (Lipinski definition) is 4. The Morgan fingerprint density at radius 1 is 1.07 bits per heavy atom. The van der Waals surface area contributed by atoms with E-state index in [4.69, 9.17) is 21.1 Å². The van der Waals surface area contributed by atoms with Crippen LogP contribution in [0.5, 0.6) is 0 Å². The number of carbonyl (C=O) groups is 3. The summed E-state index contributed by atoms with van der Waals surface area (Å²) in [6, 6.07) is 10.8. The first-order valence-electron chi connectivity index (χ1n) is 19.5. The van der Waals surface area contributed by atoms with Gasteiger partial charge in [0, 0.05) is 64.8 Å². The third kappa shape index (κ3) is 9.00. The van der Waals surface area contributed by atoms with Crippen LogP contribution in [0.4, 0.5) is 9.18 Å². The summed E-state index contributed by atoms with van der Waals surface area (Å²) in [5.41, 5.74) is 2.76. The van der Waals surface area contributed by atoms with Crippen molar-refractivity contribution < 1.29 is 36.7 Å². The molecule has 4 aliphatic rings. The molecule has 1 aromatic heterocycles. The fourth-order valence-electron chi connectivity index (χ4n) is 8.21. The molecule has 4 N–H and O–H groups in total. The van der Waals surface area contributed by atoms with Crippen LogP contribution in [0.3, 0.4) is 0 Å². The van der Waals surface area contributed by atoms with E-state index in [1.165, 1.54) is 16.4 Å². The number of unbranched alkanes of at least 4 members (excludes halogenated alkanes) is 1. The van der Waals surface area contributed by atoms with Crippen LogP contribution in [-0.4, -0.2) is 121 Å². The van der Waals surface area contributed by atoms with Gasteiger partial charge in [-0.2, -0.15) is 16.1 Å². The Kier molecular flexibility index (Phi) is 13.1. The summed E-state index contributed by atoms with van der Waals surface area (Å²) in [5, 5.41) is 10.2. The summed E-state index contributed by atoms with van der Waals surface area (Å²) in [5.74, 6) is -0.425. The molecule has 4 heterocycles. The number of nitrogens with zero attached hydrogens (tertiary/aromatic N) is 2. The molecule has 304 valence electrons. The molecule has 5 atom stereocenters. The zero-order valence-corrected chi connectivity index (χ0v) is 33.8. The van der Waals surface area contributed by atoms with E-state index >= 15 is 4.39 Å². The van der Waals surface area contributed by atoms with E-state index in [0.29, 0.717) is 49.8 Å². The standard InChI is InChI=1S/C39H50ClFN6O7S2/c1-24-20-29-27-6-2-3-7-31(27)43-36(29)38(47(24)35(49)22-40)28-13-12-26(21-30(28)41)56(51,52)46(25-10-11-25)15-17-54-19-18-53-16-14-42-34(48)9-5-4-8-33-37-32(23-55-33)44-39(50)45-37/h2-3,6-7,12-13,21,24-25,32-33,37-38,43H,4-5,8-11,14-20,22-23H2,1H3,(H,42,48)(H2,44,45,50)/t24-,32-,33-,37-,38-/m0/s1. The Bertz CT molecular complexity index is 2020. The van der Waals surface area contributed by atoms with Gasteiger partial charge in [-0.1, -0.05) is 30.7 Å². The number of hydrogen-bond acceptors (Lipinski definition) is 8. The summed E-state index contributed by atoms with van der Waals surface area (Å²) >= 11 is 7.90. The first kappa shape index (κ1) is 40.8. The van der Waals surface area contributed by atoms with Gasteiger partial charge < -0.3 is 35.3 Å². The number of fused-ring (bicyclic) bond motifs is 4. The first-order valence-corrected chi connectivity index (χ1v) is 22.5. The van der Waals surface area contributed by atoms with E-state index in [1.54, 1.807) is 4.90 Å². The smallest absolute Gasteiger partial charge is 0.315 e. The predicted molar refractivity (Wildman–Crippen MR) is 213 cm³/mol. The van der Waals surface area contributed by atoms with E-state index in [2.05, 4.69) is 20.9 Å². The number of carbonyl (C=O) groups excluding carboxylic acids is 3. The lowest BCUT2D eigenvalue weighted by molar-refractivity contribution is -0.133. The summed E-state index contributed by atoms with van der Waals surface area (Å²) in [6.07, 6.45) is 5.11. The molecule has 4 amide bonds. The SMILES string of the molecule is C[C@H]1Cc2c([nH]c3ccccc23)[C@H](c2ccc(S(=O)(=O)N(CCOCCOCCNC(=O)CCCC[C@@H]3SC[C@@H]4NC(=O)N[C@@H]43)C3CC3)cc2F)N1C(=O)CCl. The zero-order chi connectivity index (χ0) is 39.4. The van der Waals surface area contributed by atoms with Crippen LogP contribution in [0.2, 0.25) is 0 Å². The fourth-order valence-corrected chi connectivity index (χ4v) is 11.6. The van der Waals surface area contributed by atoms with E-state index in [9.17, 15) is 22.8 Å². The van der Waals surface area contributed by atoms with Crippen molar-refractivity contribution in [1.82, 2.24) is 30.1 Å². The second-order valence-corrected chi connectivity index (χ2v) is 18.4. The number of aromatic nitrogens is 1. The lowest BCUT2D eigenvalue weighted by Gasteiger charge is -2.41. The number of urea groups is 1. The molecule has 0 spiro atoms. The van der Waals surface area contributed by atoms with Crippen molar-refractivity contribution in [3.63, 3.8) is 0 Å². The number of ether oxygens (including phenoxy) is 2. The number of para-hydroxylation sites is 1. The molecule has 1 aliphatic carbocycles. The highest BCUT2D eigenvalue weighted by Gasteiger charge is 2.43. The number of thioether (sulfide) groups is 1. The Morgan fingerprint density at radius 2 is 1.86 bits per heavy atom. The molecule has 7 rings (SSSR count). The highest BCUT2D eigenvalue weighted by Crippen LogP contribution is 2.42. The van der Waals surface area contributed by atoms with Crippen LogP contribution in [0.25, 0.3) is 10.9 Å². The van der Waals surface area contributed by atoms with Gasteiger partial charge in [-0.15, -0.1) is 11.6 Å². The topological polar surface area (TPSA) is 162 Å². The summed E-state index contributed by atoms with van der Waals surface area (Å²) in [7, 11) is -4.05. The highest BCUT2D eigenvalue weighted by atomic mass is 35.5. The number of H-pyrrole nitrogens is 1. The van der Waals surface area contributed by atoms with Gasteiger partial charge in [-0.05, 0) is 62.8 Å². The van der Waals surface area contributed by atoms with Crippen molar-refractivity contribution in [3.8, 4) is 0 Å². The van der Waals surface area contributed by atoms with E-state index in [1.807, 2.05) is 43.0 Å². The number of rotatable bonds is 19. The molecule has 56 heavy (non-hydrogen) atoms. The molecule has 3 aliphatic heterocycles. The molecule has 13 nitrogen and oxygen atoms in total. The van der Waals surface area contributed by atoms with Crippen LogP contribution in [0.1, 0.15) is 68.3 Å². The molecule has 1 saturated carbocycles. The summed E-state index contributed by atoms with van der Waals surface area (Å²) in [6.45, 7) is 3.39. The van der Waals surface area contributed by atoms with E-state index in [-0.39, 0.29) is 84.7 Å². The Labute approximate surface area is 336 Å². The van der Waals surface area contributed by atoms with Gasteiger partial charge >= 0.3 is 6.03 Å². The van der Waals surface area contributed by atoms with E-state index < -0.39 is 21.9 Å². The maximum Gasteiger partial charge on any atom is 0.315 e. The number of benzene rings is 2. The monoisotopic (exact) mass is 832 g/mol. The number of halogens is 2. The molecule has 3 fully saturated rings. The maximum atomic E-state index is 16.2. The molecule has 3 aromatic rings. The van der Waals surface area contributed by atoms with Gasteiger partial charge in [-0.25, -0.2) is 17.6 Å². The largest absolute Gasteiger partial charge is 0.378 e. The second-order valence-electron chi connectivity index (χ2n) is 14.9. The molecular weight excluding hydrogens is 783 g/mol. The molecule has 0 unspecified atom stereocenters. The average Bonchev–Trinajstić information content (AvgIpc) is 3.70. The normalized spacial score (nSPS) is 23.2. The number of nitrogens with one attached hydrogen (secondary N) is 4. The first-order chi connectivity index (χ1) is 27.1. The Morgan fingerprint density at radius 3 is 2.62 bits per heavy atom. The third-order valence-corrected chi connectivity index (χ3v) is 14.8. The Balaban J connectivity index is 0.856. The number of amides is 4. The van der Waals surface area contributed by atoms with Gasteiger partial charge in [0.05, 0.1) is 43.4 Å². The van der Waals surface area contributed by atoms with Crippen molar-refractivity contribution >= 4 is 62.1 Å². The minimum absolute atomic E-state index is 0.0242. The number of alkyl halides is 1. The number of aromatic amines is 1. The van der Waals surface area contributed by atoms with Crippen LogP contribution >= 0.6 is 23.4 Å². The van der Waals surface area contributed by atoms with Crippen molar-refractivity contribution in [3.05, 3.63) is 65.1 Å². The highest BCUT2D eigenvalue weighted by molar-refractivity contribution is 8.00. The minimum Gasteiger partial charge on any atom is -0.378 e. The minimum atomic E-state index is -4.05.